The third-order valence-corrected chi connectivity index (χ3v) is 4.63. The van der Waals surface area contributed by atoms with Crippen molar-refractivity contribution in [3.63, 3.8) is 0 Å². The molecule has 0 aliphatic rings. The molecule has 0 saturated heterocycles. The SMILES string of the molecule is CCCCC(c1cccnc1)N(C)C(=O)c1cnc2c(O)cccn2c1=O. The first-order valence-corrected chi connectivity index (χ1v) is 8.91. The summed E-state index contributed by atoms with van der Waals surface area (Å²) in [5.41, 5.74) is 0.504. The molecule has 140 valence electrons. The third-order valence-electron chi connectivity index (χ3n) is 4.63. The van der Waals surface area contributed by atoms with Crippen LogP contribution >= 0.6 is 0 Å². The number of hydrogen-bond acceptors (Lipinski definition) is 5. The van der Waals surface area contributed by atoms with Gasteiger partial charge in [-0.25, -0.2) is 4.98 Å². The Hall–Kier alpha value is -3.22. The molecule has 0 fully saturated rings. The van der Waals surface area contributed by atoms with Crippen molar-refractivity contribution in [1.82, 2.24) is 19.3 Å². The van der Waals surface area contributed by atoms with Crippen LogP contribution in [0.2, 0.25) is 0 Å². The van der Waals surface area contributed by atoms with Crippen LogP contribution in [0.15, 0.2) is 53.8 Å². The molecule has 0 spiro atoms. The van der Waals surface area contributed by atoms with Gasteiger partial charge in [0.1, 0.15) is 5.56 Å². The van der Waals surface area contributed by atoms with E-state index >= 15 is 0 Å². The number of carbonyl (C=O) groups excluding carboxylic acids is 1. The lowest BCUT2D eigenvalue weighted by atomic mass is 10.0. The lowest BCUT2D eigenvalue weighted by Crippen LogP contribution is -2.36. The molecule has 3 aromatic heterocycles. The van der Waals surface area contributed by atoms with Crippen molar-refractivity contribution in [1.29, 1.82) is 0 Å². The van der Waals surface area contributed by atoms with Crippen molar-refractivity contribution < 1.29 is 9.90 Å². The Morgan fingerprint density at radius 3 is 2.81 bits per heavy atom. The van der Waals surface area contributed by atoms with Gasteiger partial charge in [0.15, 0.2) is 11.4 Å². The molecule has 0 bridgehead atoms. The molecule has 0 aliphatic carbocycles. The van der Waals surface area contributed by atoms with Gasteiger partial charge in [0.25, 0.3) is 11.5 Å². The lowest BCUT2D eigenvalue weighted by molar-refractivity contribution is 0.0717. The zero-order chi connectivity index (χ0) is 19.4. The van der Waals surface area contributed by atoms with E-state index in [9.17, 15) is 14.7 Å². The van der Waals surface area contributed by atoms with Crippen molar-refractivity contribution in [2.24, 2.45) is 0 Å². The molecule has 3 aromatic rings. The quantitative estimate of drug-likeness (QED) is 0.725. The van der Waals surface area contributed by atoms with Gasteiger partial charge < -0.3 is 10.0 Å². The predicted molar refractivity (Wildman–Crippen MR) is 102 cm³/mol. The second-order valence-electron chi connectivity index (χ2n) is 6.42. The van der Waals surface area contributed by atoms with Crippen molar-refractivity contribution in [2.75, 3.05) is 7.05 Å². The van der Waals surface area contributed by atoms with Gasteiger partial charge in [-0.3, -0.25) is 19.0 Å². The largest absolute Gasteiger partial charge is 0.504 e. The van der Waals surface area contributed by atoms with E-state index in [1.807, 2.05) is 12.1 Å². The van der Waals surface area contributed by atoms with Crippen LogP contribution in [-0.4, -0.2) is 37.3 Å². The fourth-order valence-electron chi connectivity index (χ4n) is 3.12. The molecule has 1 amide bonds. The van der Waals surface area contributed by atoms with E-state index in [0.717, 1.165) is 24.8 Å². The van der Waals surface area contributed by atoms with Crippen molar-refractivity contribution in [3.05, 3.63) is 70.5 Å². The average molecular weight is 366 g/mol. The molecule has 0 saturated carbocycles. The van der Waals surface area contributed by atoms with E-state index in [1.54, 1.807) is 24.3 Å². The van der Waals surface area contributed by atoms with E-state index in [-0.39, 0.29) is 23.0 Å². The highest BCUT2D eigenvalue weighted by molar-refractivity contribution is 5.94. The van der Waals surface area contributed by atoms with Crippen LogP contribution in [0.5, 0.6) is 5.75 Å². The Balaban J connectivity index is 1.99. The molecule has 1 N–H and O–H groups in total. The van der Waals surface area contributed by atoms with E-state index in [0.29, 0.717) is 0 Å². The second-order valence-corrected chi connectivity index (χ2v) is 6.42. The highest BCUT2D eigenvalue weighted by atomic mass is 16.3. The minimum absolute atomic E-state index is 0.0361. The van der Waals surface area contributed by atoms with Gasteiger partial charge in [-0.05, 0) is 30.2 Å². The molecule has 0 radical (unpaired) electrons. The van der Waals surface area contributed by atoms with E-state index in [1.165, 1.54) is 28.9 Å². The number of fused-ring (bicyclic) bond motifs is 1. The molecule has 1 atom stereocenters. The summed E-state index contributed by atoms with van der Waals surface area (Å²) in [6.07, 6.45) is 8.86. The minimum atomic E-state index is -0.506. The Kier molecular flexibility index (Phi) is 5.49. The first-order valence-electron chi connectivity index (χ1n) is 8.91. The van der Waals surface area contributed by atoms with Crippen LogP contribution in [0.25, 0.3) is 5.65 Å². The van der Waals surface area contributed by atoms with Gasteiger partial charge in [0.2, 0.25) is 0 Å². The Bertz CT molecular complexity index is 1000. The highest BCUT2D eigenvalue weighted by Crippen LogP contribution is 2.26. The zero-order valence-corrected chi connectivity index (χ0v) is 15.4. The number of aromatic hydroxyl groups is 1. The Morgan fingerprint density at radius 2 is 2.11 bits per heavy atom. The number of aromatic nitrogens is 3. The van der Waals surface area contributed by atoms with Gasteiger partial charge in [0.05, 0.1) is 6.04 Å². The summed E-state index contributed by atoms with van der Waals surface area (Å²) >= 11 is 0. The summed E-state index contributed by atoms with van der Waals surface area (Å²) in [5.74, 6) is -0.520. The summed E-state index contributed by atoms with van der Waals surface area (Å²) in [4.78, 5) is 35.6. The summed E-state index contributed by atoms with van der Waals surface area (Å²) < 4.78 is 1.18. The monoisotopic (exact) mass is 366 g/mol. The number of rotatable bonds is 6. The average Bonchev–Trinajstić information content (AvgIpc) is 2.69. The Morgan fingerprint density at radius 1 is 1.30 bits per heavy atom. The van der Waals surface area contributed by atoms with Crippen LogP contribution in [-0.2, 0) is 0 Å². The standard InChI is InChI=1S/C20H22N4O3/c1-3-4-8-16(14-7-5-10-21-12-14)23(2)19(26)15-13-22-18-17(25)9-6-11-24(18)20(15)27/h5-7,9-13,16,25H,3-4,8H2,1-2H3. The fraction of sp³-hybridized carbons (Fsp3) is 0.300. The Labute approximate surface area is 156 Å². The van der Waals surface area contributed by atoms with Gasteiger partial charge in [-0.2, -0.15) is 0 Å². The maximum Gasteiger partial charge on any atom is 0.270 e. The molecule has 1 unspecified atom stereocenters. The predicted octanol–water partition coefficient (Wildman–Crippen LogP) is 2.80. The van der Waals surface area contributed by atoms with E-state index in [2.05, 4.69) is 16.9 Å². The highest BCUT2D eigenvalue weighted by Gasteiger charge is 2.25. The molecular weight excluding hydrogens is 344 g/mol. The number of pyridine rings is 2. The number of unbranched alkanes of at least 4 members (excludes halogenated alkanes) is 1. The number of amides is 1. The van der Waals surface area contributed by atoms with Gasteiger partial charge in [0, 0.05) is 31.8 Å². The molecule has 7 heteroatoms. The second kappa shape index (κ2) is 7.99. The first-order chi connectivity index (χ1) is 13.0. The molecule has 3 rings (SSSR count). The molecule has 27 heavy (non-hydrogen) atoms. The topological polar surface area (TPSA) is 87.8 Å². The van der Waals surface area contributed by atoms with Crippen LogP contribution in [0.1, 0.15) is 48.1 Å². The summed E-state index contributed by atoms with van der Waals surface area (Å²) in [7, 11) is 1.69. The van der Waals surface area contributed by atoms with Crippen LogP contribution < -0.4 is 5.56 Å². The van der Waals surface area contributed by atoms with E-state index in [4.69, 9.17) is 0 Å². The van der Waals surface area contributed by atoms with E-state index < -0.39 is 11.5 Å². The number of nitrogens with zero attached hydrogens (tertiary/aromatic N) is 4. The van der Waals surface area contributed by atoms with Gasteiger partial charge in [-0.15, -0.1) is 0 Å². The zero-order valence-electron chi connectivity index (χ0n) is 15.4. The molecular formula is C20H22N4O3. The lowest BCUT2D eigenvalue weighted by Gasteiger charge is -2.28. The fourth-order valence-corrected chi connectivity index (χ4v) is 3.12. The summed E-state index contributed by atoms with van der Waals surface area (Å²) in [5, 5.41) is 9.84. The van der Waals surface area contributed by atoms with Crippen molar-refractivity contribution in [2.45, 2.75) is 32.2 Å². The van der Waals surface area contributed by atoms with Crippen molar-refractivity contribution >= 4 is 11.6 Å². The smallest absolute Gasteiger partial charge is 0.270 e. The third kappa shape index (κ3) is 3.67. The van der Waals surface area contributed by atoms with Gasteiger partial charge >= 0.3 is 0 Å². The summed E-state index contributed by atoms with van der Waals surface area (Å²) in [6.45, 7) is 2.09. The van der Waals surface area contributed by atoms with Gasteiger partial charge in [-0.1, -0.05) is 25.8 Å². The number of hydrogen-bond donors (Lipinski definition) is 1. The maximum atomic E-state index is 13.1. The molecule has 3 heterocycles. The normalized spacial score (nSPS) is 12.1. The molecule has 0 aromatic carbocycles. The summed E-state index contributed by atoms with van der Waals surface area (Å²) in [6, 6.07) is 6.56. The van der Waals surface area contributed by atoms with Crippen LogP contribution in [0, 0.1) is 0 Å². The maximum absolute atomic E-state index is 13.1. The molecule has 0 aliphatic heterocycles. The number of carbonyl (C=O) groups is 1. The van der Waals surface area contributed by atoms with Crippen molar-refractivity contribution in [3.8, 4) is 5.75 Å². The van der Waals surface area contributed by atoms with Crippen LogP contribution in [0.3, 0.4) is 0 Å². The molecule has 7 nitrogen and oxygen atoms in total. The minimum Gasteiger partial charge on any atom is -0.504 e. The van der Waals surface area contributed by atoms with Crippen LogP contribution in [0.4, 0.5) is 0 Å². The first kappa shape index (κ1) is 18.6.